The third-order valence-electron chi connectivity index (χ3n) is 5.19. The molecule has 3 rings (SSSR count). The van der Waals surface area contributed by atoms with Gasteiger partial charge in [0.25, 0.3) is 0 Å². The van der Waals surface area contributed by atoms with Crippen molar-refractivity contribution >= 4 is 20.6 Å². The zero-order valence-corrected chi connectivity index (χ0v) is 19.3. The van der Waals surface area contributed by atoms with E-state index >= 15 is 0 Å². The molecule has 162 valence electrons. The summed E-state index contributed by atoms with van der Waals surface area (Å²) in [5, 5.41) is 6.70. The Morgan fingerprint density at radius 1 is 1.13 bits per heavy atom. The van der Waals surface area contributed by atoms with Crippen LogP contribution in [0.1, 0.15) is 21.9 Å². The number of imidazole rings is 1. The van der Waals surface area contributed by atoms with Crippen LogP contribution in [0, 0.1) is 0 Å². The van der Waals surface area contributed by atoms with Crippen molar-refractivity contribution < 1.29 is 9.53 Å². The molecule has 1 aromatic heterocycles. The van der Waals surface area contributed by atoms with Gasteiger partial charge in [-0.25, -0.2) is 4.98 Å². The van der Waals surface area contributed by atoms with Gasteiger partial charge in [-0.15, -0.1) is 0 Å². The zero-order valence-electron chi connectivity index (χ0n) is 18.3. The fourth-order valence-corrected chi connectivity index (χ4v) is 4.03. The molecule has 7 nitrogen and oxygen atoms in total. The van der Waals surface area contributed by atoms with Crippen molar-refractivity contribution in [2.75, 3.05) is 32.8 Å². The van der Waals surface area contributed by atoms with Gasteiger partial charge in [0.2, 0.25) is 0 Å². The molecule has 0 radical (unpaired) electrons. The average Bonchev–Trinajstić information content (AvgIpc) is 3.12. The van der Waals surface area contributed by atoms with Crippen LogP contribution in [0.25, 0.3) is 0 Å². The molecule has 1 aliphatic heterocycles. The van der Waals surface area contributed by atoms with Gasteiger partial charge in [-0.05, 0) is 11.6 Å². The first-order chi connectivity index (χ1) is 14.4. The summed E-state index contributed by atoms with van der Waals surface area (Å²) < 4.78 is 7.60. The van der Waals surface area contributed by atoms with Crippen molar-refractivity contribution in [3.8, 4) is 0 Å². The fraction of sp³-hybridized carbons (Fsp3) is 0.500. The minimum absolute atomic E-state index is 0.324. The highest BCUT2D eigenvalue weighted by molar-refractivity contribution is 6.76. The Labute approximate surface area is 180 Å². The van der Waals surface area contributed by atoms with E-state index in [1.165, 1.54) is 5.56 Å². The van der Waals surface area contributed by atoms with Crippen LogP contribution in [0.15, 0.2) is 41.6 Å². The molecule has 1 aliphatic rings. The van der Waals surface area contributed by atoms with Gasteiger partial charge in [-0.1, -0.05) is 50.0 Å². The number of carbonyl (C=O) groups is 1. The van der Waals surface area contributed by atoms with E-state index in [9.17, 15) is 4.79 Å². The van der Waals surface area contributed by atoms with E-state index in [0.717, 1.165) is 50.7 Å². The Balaban J connectivity index is 1.51. The molecule has 0 aliphatic carbocycles. The molecule has 1 saturated heterocycles. The third kappa shape index (κ3) is 6.89. The van der Waals surface area contributed by atoms with Crippen LogP contribution >= 0.6 is 0 Å². The minimum atomic E-state index is -1.14. The normalized spacial score (nSPS) is 15.8. The summed E-state index contributed by atoms with van der Waals surface area (Å²) >= 11 is 0. The van der Waals surface area contributed by atoms with Gasteiger partial charge in [0.15, 0.2) is 12.1 Å². The second kappa shape index (κ2) is 10.7. The summed E-state index contributed by atoms with van der Waals surface area (Å²) in [7, 11) is -1.14. The van der Waals surface area contributed by atoms with Crippen LogP contribution < -0.4 is 0 Å². The number of aldehydes is 1. The van der Waals surface area contributed by atoms with Crippen molar-refractivity contribution in [1.29, 1.82) is 0 Å². The molecule has 30 heavy (non-hydrogen) atoms. The number of hydrazone groups is 1. The maximum Gasteiger partial charge on any atom is 0.185 e. The van der Waals surface area contributed by atoms with Gasteiger partial charge < -0.3 is 4.74 Å². The first kappa shape index (κ1) is 22.4. The van der Waals surface area contributed by atoms with Crippen LogP contribution in [-0.2, 0) is 18.0 Å². The van der Waals surface area contributed by atoms with Gasteiger partial charge >= 0.3 is 0 Å². The molecule has 8 heteroatoms. The van der Waals surface area contributed by atoms with Crippen LogP contribution in [0.3, 0.4) is 0 Å². The summed E-state index contributed by atoms with van der Waals surface area (Å²) in [5.41, 5.74) is 2.13. The predicted octanol–water partition coefficient (Wildman–Crippen LogP) is 3.16. The molecular formula is C22H33N5O2Si. The highest BCUT2D eigenvalue weighted by Gasteiger charge is 2.16. The Morgan fingerprint density at radius 2 is 1.87 bits per heavy atom. The van der Waals surface area contributed by atoms with Crippen LogP contribution in [0.2, 0.25) is 25.7 Å². The predicted molar refractivity (Wildman–Crippen MR) is 123 cm³/mol. The lowest BCUT2D eigenvalue weighted by Crippen LogP contribution is -2.43. The number of rotatable bonds is 10. The summed E-state index contributed by atoms with van der Waals surface area (Å²) in [6.45, 7) is 12.7. The van der Waals surface area contributed by atoms with Crippen LogP contribution in [0.5, 0.6) is 0 Å². The summed E-state index contributed by atoms with van der Waals surface area (Å²) in [4.78, 5) is 18.0. The van der Waals surface area contributed by atoms with Gasteiger partial charge in [-0.3, -0.25) is 19.3 Å². The molecule has 0 bridgehead atoms. The van der Waals surface area contributed by atoms with Gasteiger partial charge in [0.05, 0.1) is 18.1 Å². The molecule has 2 heterocycles. The van der Waals surface area contributed by atoms with Crippen LogP contribution in [0.4, 0.5) is 0 Å². The van der Waals surface area contributed by atoms with Crippen molar-refractivity contribution in [1.82, 2.24) is 19.5 Å². The number of benzene rings is 1. The molecule has 0 saturated carbocycles. The maximum absolute atomic E-state index is 11.3. The number of hydrogen-bond donors (Lipinski definition) is 0. The molecule has 1 fully saturated rings. The highest BCUT2D eigenvalue weighted by Crippen LogP contribution is 2.11. The minimum Gasteiger partial charge on any atom is -0.361 e. The van der Waals surface area contributed by atoms with E-state index in [-0.39, 0.29) is 0 Å². The lowest BCUT2D eigenvalue weighted by Gasteiger charge is -2.33. The molecule has 2 aromatic rings. The lowest BCUT2D eigenvalue weighted by molar-refractivity contribution is 0.0828. The summed E-state index contributed by atoms with van der Waals surface area (Å²) in [5.74, 6) is 0.372. The number of hydrogen-bond acceptors (Lipinski definition) is 6. The van der Waals surface area contributed by atoms with Crippen molar-refractivity contribution in [2.24, 2.45) is 5.10 Å². The largest absolute Gasteiger partial charge is 0.361 e. The zero-order chi connectivity index (χ0) is 21.4. The Bertz CT molecular complexity index is 824. The maximum atomic E-state index is 11.3. The van der Waals surface area contributed by atoms with E-state index in [1.54, 1.807) is 17.0 Å². The molecule has 0 amide bonds. The highest BCUT2D eigenvalue weighted by atomic mass is 28.3. The van der Waals surface area contributed by atoms with E-state index in [0.29, 0.717) is 19.2 Å². The smallest absolute Gasteiger partial charge is 0.185 e. The molecular weight excluding hydrogens is 394 g/mol. The van der Waals surface area contributed by atoms with Gasteiger partial charge in [-0.2, -0.15) is 5.10 Å². The topological polar surface area (TPSA) is 63.0 Å². The Morgan fingerprint density at radius 3 is 2.53 bits per heavy atom. The summed E-state index contributed by atoms with van der Waals surface area (Å²) in [6, 6.07) is 11.6. The Hall–Kier alpha value is -2.29. The Kier molecular flexibility index (Phi) is 7.95. The van der Waals surface area contributed by atoms with Crippen molar-refractivity contribution in [2.45, 2.75) is 39.0 Å². The quantitative estimate of drug-likeness (QED) is 0.252. The van der Waals surface area contributed by atoms with Crippen molar-refractivity contribution in [3.05, 3.63) is 53.6 Å². The SMILES string of the molecule is C[Si](C)(C)CCOCn1c(/C=N/N2CCN(Cc3ccccc3)CC2)cnc1C=O. The molecule has 0 spiro atoms. The average molecular weight is 428 g/mol. The number of ether oxygens (including phenoxy) is 1. The van der Waals surface area contributed by atoms with Gasteiger partial charge in [0.1, 0.15) is 6.73 Å². The monoisotopic (exact) mass is 427 g/mol. The van der Waals surface area contributed by atoms with E-state index in [2.05, 4.69) is 63.9 Å². The number of piperazine rings is 1. The molecule has 1 aromatic carbocycles. The van der Waals surface area contributed by atoms with E-state index in [1.807, 2.05) is 6.07 Å². The third-order valence-corrected chi connectivity index (χ3v) is 6.89. The number of aromatic nitrogens is 2. The van der Waals surface area contributed by atoms with E-state index < -0.39 is 8.07 Å². The molecule has 0 atom stereocenters. The first-order valence-electron chi connectivity index (χ1n) is 10.6. The fourth-order valence-electron chi connectivity index (χ4n) is 3.27. The van der Waals surface area contributed by atoms with Crippen LogP contribution in [-0.4, -0.2) is 72.8 Å². The van der Waals surface area contributed by atoms with Gasteiger partial charge in [0, 0.05) is 47.4 Å². The number of carbonyl (C=O) groups excluding carboxylic acids is 1. The lowest BCUT2D eigenvalue weighted by atomic mass is 10.2. The summed E-state index contributed by atoms with van der Waals surface area (Å²) in [6.07, 6.45) is 4.23. The van der Waals surface area contributed by atoms with E-state index in [4.69, 9.17) is 4.74 Å². The first-order valence-corrected chi connectivity index (χ1v) is 14.3. The number of nitrogens with zero attached hydrogens (tertiary/aromatic N) is 5. The standard InChI is InChI=1S/C22H33N5O2Si/c1-30(2,3)14-13-29-19-27-21(15-23-22(27)18-28)16-24-26-11-9-25(10-12-26)17-20-7-5-4-6-8-20/h4-8,15-16,18H,9-14,17,19H2,1-3H3/b24-16+. The second-order valence-electron chi connectivity index (χ2n) is 8.90. The second-order valence-corrected chi connectivity index (χ2v) is 14.5. The van der Waals surface area contributed by atoms with Crippen molar-refractivity contribution in [3.63, 3.8) is 0 Å². The molecule has 0 unspecified atom stereocenters. The molecule has 0 N–H and O–H groups in total.